The molecule has 0 N–H and O–H groups in total. The average Bonchev–Trinajstić information content (AvgIpc) is 3.36. The minimum atomic E-state index is -0.0630. The highest BCUT2D eigenvalue weighted by Gasteiger charge is 2.24. The van der Waals surface area contributed by atoms with E-state index in [0.717, 1.165) is 50.6 Å². The Balaban J connectivity index is 1.35. The molecule has 0 unspecified atom stereocenters. The van der Waals surface area contributed by atoms with Gasteiger partial charge in [-0.15, -0.1) is 0 Å². The average molecular weight is 424 g/mol. The lowest BCUT2D eigenvalue weighted by atomic mass is 10.0. The first kappa shape index (κ1) is 18.1. The van der Waals surface area contributed by atoms with Crippen molar-refractivity contribution in [2.24, 2.45) is 0 Å². The fourth-order valence-electron chi connectivity index (χ4n) is 4.11. The lowest BCUT2D eigenvalue weighted by Gasteiger charge is -2.28. The zero-order chi connectivity index (χ0) is 20.8. The molecule has 31 heavy (non-hydrogen) atoms. The predicted octanol–water partition coefficient (Wildman–Crippen LogP) is 4.50. The van der Waals surface area contributed by atoms with Crippen LogP contribution in [0.3, 0.4) is 0 Å². The van der Waals surface area contributed by atoms with Crippen LogP contribution in [0.1, 0.15) is 21.7 Å². The third-order valence-electron chi connectivity index (χ3n) is 5.70. The van der Waals surface area contributed by atoms with Crippen LogP contribution in [-0.4, -0.2) is 37.3 Å². The van der Waals surface area contributed by atoms with E-state index < -0.39 is 0 Å². The number of fused-ring (bicyclic) bond motifs is 3. The molecule has 0 atom stereocenters. The van der Waals surface area contributed by atoms with E-state index in [1.807, 2.05) is 40.9 Å². The molecule has 7 heteroatoms. The molecule has 0 fully saturated rings. The lowest BCUT2D eigenvalue weighted by Crippen LogP contribution is -2.36. The van der Waals surface area contributed by atoms with Gasteiger partial charge >= 0.3 is 0 Å². The Morgan fingerprint density at radius 1 is 1.00 bits per heavy atom. The monoisotopic (exact) mass is 423 g/mol. The second-order valence-electron chi connectivity index (χ2n) is 7.61. The number of pyridine rings is 4. The Bertz CT molecular complexity index is 1450. The van der Waals surface area contributed by atoms with E-state index in [0.29, 0.717) is 18.8 Å². The van der Waals surface area contributed by atoms with Gasteiger partial charge in [-0.3, -0.25) is 19.7 Å². The molecule has 1 aliphatic heterocycles. The summed E-state index contributed by atoms with van der Waals surface area (Å²) in [6, 6.07) is 9.79. The van der Waals surface area contributed by atoms with Crippen molar-refractivity contribution in [3.8, 4) is 11.1 Å². The third-order valence-corrected chi connectivity index (χ3v) is 6.38. The number of aromatic nitrogens is 4. The molecule has 0 saturated carbocycles. The van der Waals surface area contributed by atoms with Gasteiger partial charge in [0.2, 0.25) is 0 Å². The van der Waals surface area contributed by atoms with Crippen LogP contribution in [0.15, 0.2) is 65.9 Å². The summed E-state index contributed by atoms with van der Waals surface area (Å²) >= 11 is 1.63. The molecular formula is C24H17N5OS. The normalized spacial score (nSPS) is 13.5. The largest absolute Gasteiger partial charge is 0.333 e. The molecule has 0 aromatic carbocycles. The van der Waals surface area contributed by atoms with Gasteiger partial charge in [0.15, 0.2) is 0 Å². The summed E-state index contributed by atoms with van der Waals surface area (Å²) in [5, 5.41) is 6.02. The number of hydrogen-bond acceptors (Lipinski definition) is 6. The first-order chi connectivity index (χ1) is 15.3. The first-order valence-corrected chi connectivity index (χ1v) is 11.0. The van der Waals surface area contributed by atoms with Crippen LogP contribution >= 0.6 is 11.3 Å². The maximum Gasteiger partial charge on any atom is 0.272 e. The molecule has 6 heterocycles. The summed E-state index contributed by atoms with van der Waals surface area (Å²) in [6.45, 7) is 1.16. The minimum absolute atomic E-state index is 0.0630. The number of nitrogens with zero attached hydrogens (tertiary/aromatic N) is 5. The van der Waals surface area contributed by atoms with E-state index in [1.165, 1.54) is 0 Å². The van der Waals surface area contributed by atoms with Crippen LogP contribution < -0.4 is 0 Å². The molecule has 0 spiro atoms. The molecule has 0 saturated heterocycles. The number of carbonyl (C=O) groups is 1. The first-order valence-electron chi connectivity index (χ1n) is 10.1. The van der Waals surface area contributed by atoms with Gasteiger partial charge in [0.25, 0.3) is 5.91 Å². The van der Waals surface area contributed by atoms with Crippen molar-refractivity contribution in [1.82, 2.24) is 24.8 Å². The van der Waals surface area contributed by atoms with Crippen LogP contribution in [0.2, 0.25) is 0 Å². The number of hydrogen-bond donors (Lipinski definition) is 0. The zero-order valence-electron chi connectivity index (χ0n) is 16.5. The summed E-state index contributed by atoms with van der Waals surface area (Å²) in [5.41, 5.74) is 6.34. The summed E-state index contributed by atoms with van der Waals surface area (Å²) in [4.78, 5) is 33.2. The molecule has 1 amide bonds. The minimum Gasteiger partial charge on any atom is -0.333 e. The Kier molecular flexibility index (Phi) is 4.21. The Labute approximate surface area is 182 Å². The van der Waals surface area contributed by atoms with Crippen molar-refractivity contribution in [1.29, 1.82) is 0 Å². The predicted molar refractivity (Wildman–Crippen MR) is 121 cm³/mol. The maximum absolute atomic E-state index is 13.3. The van der Waals surface area contributed by atoms with Crippen molar-refractivity contribution in [2.75, 3.05) is 6.54 Å². The SMILES string of the molecule is O=C(c1ccc2cncc(-c3ccsc3)c2n1)N1CCc2nc3ccncc3cc2C1. The van der Waals surface area contributed by atoms with E-state index >= 15 is 0 Å². The van der Waals surface area contributed by atoms with Crippen molar-refractivity contribution >= 4 is 39.0 Å². The van der Waals surface area contributed by atoms with E-state index in [4.69, 9.17) is 9.97 Å². The fourth-order valence-corrected chi connectivity index (χ4v) is 4.76. The molecule has 0 aliphatic carbocycles. The quantitative estimate of drug-likeness (QED) is 0.418. The van der Waals surface area contributed by atoms with E-state index in [2.05, 4.69) is 21.4 Å². The lowest BCUT2D eigenvalue weighted by molar-refractivity contribution is 0.0728. The highest BCUT2D eigenvalue weighted by Crippen LogP contribution is 2.29. The van der Waals surface area contributed by atoms with Gasteiger partial charge in [0.1, 0.15) is 5.69 Å². The molecular weight excluding hydrogens is 406 g/mol. The van der Waals surface area contributed by atoms with Crippen LogP contribution in [0.5, 0.6) is 0 Å². The van der Waals surface area contributed by atoms with Crippen LogP contribution in [0.25, 0.3) is 32.9 Å². The Hall–Kier alpha value is -3.71. The molecule has 6 rings (SSSR count). The number of amides is 1. The summed E-state index contributed by atoms with van der Waals surface area (Å²) in [7, 11) is 0. The number of thiophene rings is 1. The van der Waals surface area contributed by atoms with Crippen molar-refractivity contribution < 1.29 is 4.79 Å². The second-order valence-corrected chi connectivity index (χ2v) is 8.39. The highest BCUT2D eigenvalue weighted by molar-refractivity contribution is 7.08. The number of rotatable bonds is 2. The standard InChI is InChI=1S/C24H17N5OS/c30-24(29-7-4-21-18(13-29)9-17-11-25-6-3-20(17)27-21)22-2-1-15-10-26-12-19(23(15)28-22)16-5-8-31-14-16/h1-3,5-6,8-12,14H,4,7,13H2. The van der Waals surface area contributed by atoms with Crippen LogP contribution in [0, 0.1) is 0 Å². The Morgan fingerprint density at radius 2 is 1.94 bits per heavy atom. The van der Waals surface area contributed by atoms with Gasteiger partial charge in [-0.25, -0.2) is 4.98 Å². The molecule has 0 bridgehead atoms. The van der Waals surface area contributed by atoms with E-state index in [1.54, 1.807) is 29.8 Å². The second kappa shape index (κ2) is 7.21. The van der Waals surface area contributed by atoms with Gasteiger partial charge in [-0.05, 0) is 52.2 Å². The maximum atomic E-state index is 13.3. The smallest absolute Gasteiger partial charge is 0.272 e. The van der Waals surface area contributed by atoms with Gasteiger partial charge in [0, 0.05) is 66.3 Å². The topological polar surface area (TPSA) is 71.9 Å². The van der Waals surface area contributed by atoms with Crippen LogP contribution in [0.4, 0.5) is 0 Å². The van der Waals surface area contributed by atoms with Crippen LogP contribution in [-0.2, 0) is 13.0 Å². The molecule has 6 nitrogen and oxygen atoms in total. The highest BCUT2D eigenvalue weighted by atomic mass is 32.1. The summed E-state index contributed by atoms with van der Waals surface area (Å²) in [6.07, 6.45) is 7.90. The number of carbonyl (C=O) groups excluding carboxylic acids is 1. The molecule has 5 aromatic heterocycles. The van der Waals surface area contributed by atoms with Gasteiger partial charge in [-0.2, -0.15) is 11.3 Å². The zero-order valence-corrected chi connectivity index (χ0v) is 17.3. The van der Waals surface area contributed by atoms with Gasteiger partial charge in [0.05, 0.1) is 11.0 Å². The van der Waals surface area contributed by atoms with Gasteiger partial charge < -0.3 is 4.90 Å². The molecule has 5 aromatic rings. The summed E-state index contributed by atoms with van der Waals surface area (Å²) < 4.78 is 0. The third kappa shape index (κ3) is 3.14. The van der Waals surface area contributed by atoms with Gasteiger partial charge in [-0.1, -0.05) is 0 Å². The Morgan fingerprint density at radius 3 is 2.84 bits per heavy atom. The van der Waals surface area contributed by atoms with E-state index in [-0.39, 0.29) is 5.91 Å². The van der Waals surface area contributed by atoms with Crippen molar-refractivity contribution in [2.45, 2.75) is 13.0 Å². The molecule has 150 valence electrons. The fraction of sp³-hybridized carbons (Fsp3) is 0.125. The van der Waals surface area contributed by atoms with Crippen molar-refractivity contribution in [3.63, 3.8) is 0 Å². The summed E-state index contributed by atoms with van der Waals surface area (Å²) in [5.74, 6) is -0.0630. The van der Waals surface area contributed by atoms with Crippen molar-refractivity contribution in [3.05, 3.63) is 82.8 Å². The van der Waals surface area contributed by atoms with E-state index in [9.17, 15) is 4.79 Å². The molecule has 0 radical (unpaired) electrons. The molecule has 1 aliphatic rings.